The molecule has 2 aromatic rings. The zero-order valence-electron chi connectivity index (χ0n) is 9.40. The van der Waals surface area contributed by atoms with E-state index >= 15 is 0 Å². The molecule has 3 nitrogen and oxygen atoms in total. The van der Waals surface area contributed by atoms with Gasteiger partial charge in [0.2, 0.25) is 5.88 Å². The molecule has 0 aliphatic rings. The highest BCUT2D eigenvalue weighted by Crippen LogP contribution is 2.23. The molecule has 0 unspecified atom stereocenters. The zero-order valence-corrected chi connectivity index (χ0v) is 9.40. The van der Waals surface area contributed by atoms with E-state index in [9.17, 15) is 0 Å². The van der Waals surface area contributed by atoms with Crippen LogP contribution in [0.5, 0.6) is 11.6 Å². The van der Waals surface area contributed by atoms with Crippen LogP contribution in [0, 0.1) is 13.8 Å². The maximum atomic E-state index is 5.65. The van der Waals surface area contributed by atoms with Crippen molar-refractivity contribution in [3.8, 4) is 11.6 Å². The number of nitrogen functional groups attached to an aromatic ring is 1. The lowest BCUT2D eigenvalue weighted by atomic mass is 10.2. The normalized spacial score (nSPS) is 10.1. The van der Waals surface area contributed by atoms with Gasteiger partial charge in [-0.2, -0.15) is 0 Å². The van der Waals surface area contributed by atoms with Gasteiger partial charge in [0.1, 0.15) is 5.75 Å². The minimum atomic E-state index is 0.595. The summed E-state index contributed by atoms with van der Waals surface area (Å²) in [6, 6.07) is 9.69. The SMILES string of the molecule is Cc1ccc(Oc2ncc(N)cc2C)cc1. The molecule has 0 amide bonds. The number of ether oxygens (including phenoxy) is 1. The molecule has 2 N–H and O–H groups in total. The Labute approximate surface area is 94.9 Å². The molecular weight excluding hydrogens is 200 g/mol. The van der Waals surface area contributed by atoms with Gasteiger partial charge in [-0.3, -0.25) is 0 Å². The molecule has 2 rings (SSSR count). The number of anilines is 1. The molecule has 0 aliphatic heterocycles. The van der Waals surface area contributed by atoms with Crippen LogP contribution in [0.2, 0.25) is 0 Å². The number of benzene rings is 1. The van der Waals surface area contributed by atoms with Crippen molar-refractivity contribution in [2.75, 3.05) is 5.73 Å². The third-order valence-electron chi connectivity index (χ3n) is 2.29. The van der Waals surface area contributed by atoms with E-state index in [1.165, 1.54) is 5.56 Å². The van der Waals surface area contributed by atoms with Crippen LogP contribution in [-0.2, 0) is 0 Å². The van der Waals surface area contributed by atoms with Crippen molar-refractivity contribution in [3.63, 3.8) is 0 Å². The molecular formula is C13H14N2O. The van der Waals surface area contributed by atoms with Crippen LogP contribution in [0.1, 0.15) is 11.1 Å². The van der Waals surface area contributed by atoms with E-state index in [4.69, 9.17) is 10.5 Å². The van der Waals surface area contributed by atoms with Gasteiger partial charge in [-0.1, -0.05) is 17.7 Å². The Kier molecular flexibility index (Phi) is 2.77. The summed E-state index contributed by atoms with van der Waals surface area (Å²) in [5.74, 6) is 1.38. The second kappa shape index (κ2) is 4.23. The number of rotatable bonds is 2. The van der Waals surface area contributed by atoms with E-state index in [0.717, 1.165) is 11.3 Å². The Morgan fingerprint density at radius 1 is 1.12 bits per heavy atom. The van der Waals surface area contributed by atoms with Crippen molar-refractivity contribution in [1.82, 2.24) is 4.98 Å². The predicted molar refractivity (Wildman–Crippen MR) is 64.6 cm³/mol. The molecule has 1 heterocycles. The van der Waals surface area contributed by atoms with Gasteiger partial charge in [0.05, 0.1) is 11.9 Å². The first-order valence-corrected chi connectivity index (χ1v) is 5.12. The fraction of sp³-hybridized carbons (Fsp3) is 0.154. The fourth-order valence-electron chi connectivity index (χ4n) is 1.41. The second-order valence-corrected chi connectivity index (χ2v) is 3.81. The van der Waals surface area contributed by atoms with Crippen LogP contribution in [0.3, 0.4) is 0 Å². The Bertz CT molecular complexity index is 492. The summed E-state index contributed by atoms with van der Waals surface area (Å²) < 4.78 is 5.65. The van der Waals surface area contributed by atoms with Gasteiger partial charge < -0.3 is 10.5 Å². The third kappa shape index (κ3) is 2.31. The van der Waals surface area contributed by atoms with Gasteiger partial charge in [0, 0.05) is 5.56 Å². The lowest BCUT2D eigenvalue weighted by Crippen LogP contribution is -1.94. The van der Waals surface area contributed by atoms with E-state index in [-0.39, 0.29) is 0 Å². The van der Waals surface area contributed by atoms with Gasteiger partial charge >= 0.3 is 0 Å². The number of hydrogen-bond acceptors (Lipinski definition) is 3. The van der Waals surface area contributed by atoms with E-state index in [0.29, 0.717) is 11.6 Å². The number of pyridine rings is 1. The van der Waals surface area contributed by atoms with E-state index in [1.807, 2.05) is 44.2 Å². The van der Waals surface area contributed by atoms with Crippen molar-refractivity contribution < 1.29 is 4.74 Å². The number of aromatic nitrogens is 1. The molecule has 0 fully saturated rings. The monoisotopic (exact) mass is 214 g/mol. The van der Waals surface area contributed by atoms with Crippen molar-refractivity contribution in [1.29, 1.82) is 0 Å². The Balaban J connectivity index is 2.23. The Hall–Kier alpha value is -2.03. The van der Waals surface area contributed by atoms with Crippen LogP contribution in [0.25, 0.3) is 0 Å². The molecule has 0 saturated carbocycles. The molecule has 3 heteroatoms. The minimum absolute atomic E-state index is 0.595. The lowest BCUT2D eigenvalue weighted by Gasteiger charge is -2.07. The average Bonchev–Trinajstić information content (AvgIpc) is 2.25. The van der Waals surface area contributed by atoms with Crippen LogP contribution in [-0.4, -0.2) is 4.98 Å². The second-order valence-electron chi connectivity index (χ2n) is 3.81. The standard InChI is InChI=1S/C13H14N2O/c1-9-3-5-12(6-4-9)16-13-10(2)7-11(14)8-15-13/h3-8H,14H2,1-2H3. The summed E-state index contributed by atoms with van der Waals surface area (Å²) in [5.41, 5.74) is 8.40. The molecule has 0 atom stereocenters. The van der Waals surface area contributed by atoms with Crippen LogP contribution >= 0.6 is 0 Å². The molecule has 1 aromatic carbocycles. The van der Waals surface area contributed by atoms with Gasteiger partial charge in [0.25, 0.3) is 0 Å². The molecule has 1 aromatic heterocycles. The summed E-state index contributed by atoms with van der Waals surface area (Å²) in [6.45, 7) is 3.96. The molecule has 82 valence electrons. The molecule has 16 heavy (non-hydrogen) atoms. The highest BCUT2D eigenvalue weighted by molar-refractivity contribution is 5.43. The number of hydrogen-bond donors (Lipinski definition) is 1. The largest absolute Gasteiger partial charge is 0.439 e. The highest BCUT2D eigenvalue weighted by Gasteiger charge is 2.02. The minimum Gasteiger partial charge on any atom is -0.439 e. The molecule has 0 aliphatic carbocycles. The van der Waals surface area contributed by atoms with Crippen molar-refractivity contribution in [2.24, 2.45) is 0 Å². The Morgan fingerprint density at radius 3 is 2.44 bits per heavy atom. The summed E-state index contributed by atoms with van der Waals surface area (Å²) >= 11 is 0. The van der Waals surface area contributed by atoms with Crippen LogP contribution in [0.15, 0.2) is 36.5 Å². The molecule has 0 bridgehead atoms. The number of nitrogens with two attached hydrogens (primary N) is 1. The van der Waals surface area contributed by atoms with E-state index in [1.54, 1.807) is 6.20 Å². The molecule has 0 saturated heterocycles. The smallest absolute Gasteiger partial charge is 0.222 e. The van der Waals surface area contributed by atoms with Gasteiger partial charge in [-0.15, -0.1) is 0 Å². The Morgan fingerprint density at radius 2 is 1.81 bits per heavy atom. The van der Waals surface area contributed by atoms with E-state index < -0.39 is 0 Å². The number of nitrogens with zero attached hydrogens (tertiary/aromatic N) is 1. The maximum Gasteiger partial charge on any atom is 0.222 e. The van der Waals surface area contributed by atoms with E-state index in [2.05, 4.69) is 4.98 Å². The first-order chi connectivity index (χ1) is 7.65. The first-order valence-electron chi connectivity index (χ1n) is 5.12. The summed E-state index contributed by atoms with van der Waals surface area (Å²) in [4.78, 5) is 4.15. The van der Waals surface area contributed by atoms with Crippen LogP contribution in [0.4, 0.5) is 5.69 Å². The maximum absolute atomic E-state index is 5.65. The van der Waals surface area contributed by atoms with Crippen LogP contribution < -0.4 is 10.5 Å². The summed E-state index contributed by atoms with van der Waals surface area (Å²) in [6.07, 6.45) is 1.59. The van der Waals surface area contributed by atoms with Gasteiger partial charge in [-0.05, 0) is 32.0 Å². The topological polar surface area (TPSA) is 48.1 Å². The van der Waals surface area contributed by atoms with Crippen molar-refractivity contribution in [3.05, 3.63) is 47.7 Å². The van der Waals surface area contributed by atoms with Gasteiger partial charge in [0.15, 0.2) is 0 Å². The zero-order chi connectivity index (χ0) is 11.5. The van der Waals surface area contributed by atoms with Crippen molar-refractivity contribution >= 4 is 5.69 Å². The summed E-state index contributed by atoms with van der Waals surface area (Å²) in [5, 5.41) is 0. The summed E-state index contributed by atoms with van der Waals surface area (Å²) in [7, 11) is 0. The quantitative estimate of drug-likeness (QED) is 0.835. The number of aryl methyl sites for hydroxylation is 2. The fourth-order valence-corrected chi connectivity index (χ4v) is 1.41. The molecule has 0 radical (unpaired) electrons. The van der Waals surface area contributed by atoms with Crippen molar-refractivity contribution in [2.45, 2.75) is 13.8 Å². The third-order valence-corrected chi connectivity index (χ3v) is 2.29. The predicted octanol–water partition coefficient (Wildman–Crippen LogP) is 3.07. The average molecular weight is 214 g/mol. The highest BCUT2D eigenvalue weighted by atomic mass is 16.5. The first kappa shape index (κ1) is 10.5. The lowest BCUT2D eigenvalue weighted by molar-refractivity contribution is 0.459. The molecule has 0 spiro atoms. The van der Waals surface area contributed by atoms with Gasteiger partial charge in [-0.25, -0.2) is 4.98 Å².